The van der Waals surface area contributed by atoms with E-state index in [1.165, 1.54) is 37.9 Å². The van der Waals surface area contributed by atoms with Crippen molar-refractivity contribution >= 4 is 5.69 Å². The van der Waals surface area contributed by atoms with Crippen LogP contribution in [0.25, 0.3) is 0 Å². The molecule has 2 nitrogen and oxygen atoms in total. The van der Waals surface area contributed by atoms with Crippen LogP contribution in [0.4, 0.5) is 5.69 Å². The fourth-order valence-corrected chi connectivity index (χ4v) is 2.91. The number of aryl methyl sites for hydroxylation is 1. The molecule has 1 unspecified atom stereocenters. The van der Waals surface area contributed by atoms with Gasteiger partial charge in [0.1, 0.15) is 0 Å². The fraction of sp³-hybridized carbons (Fsp3) is 0.643. The third-order valence-electron chi connectivity index (χ3n) is 4.20. The lowest BCUT2D eigenvalue weighted by atomic mass is 9.92. The van der Waals surface area contributed by atoms with E-state index in [0.717, 1.165) is 11.6 Å². The minimum Gasteiger partial charge on any atom is -0.364 e. The molecule has 0 bridgehead atoms. The van der Waals surface area contributed by atoms with Crippen LogP contribution in [0, 0.1) is 12.8 Å². The van der Waals surface area contributed by atoms with Gasteiger partial charge < -0.3 is 4.90 Å². The molecule has 2 aliphatic rings. The fourth-order valence-electron chi connectivity index (χ4n) is 2.91. The first kappa shape index (κ1) is 10.1. The second-order valence-corrected chi connectivity index (χ2v) is 5.64. The Hall–Kier alpha value is -1.05. The molecule has 0 amide bonds. The minimum absolute atomic E-state index is 0.517. The SMILES string of the molecule is Cc1ccc(N2CC(C)CCC23CC3)cn1. The normalized spacial score (nSPS) is 27.1. The van der Waals surface area contributed by atoms with Gasteiger partial charge in [0.15, 0.2) is 0 Å². The van der Waals surface area contributed by atoms with E-state index >= 15 is 0 Å². The summed E-state index contributed by atoms with van der Waals surface area (Å²) >= 11 is 0. The van der Waals surface area contributed by atoms with Crippen LogP contribution < -0.4 is 4.90 Å². The van der Waals surface area contributed by atoms with Crippen LogP contribution in [-0.2, 0) is 0 Å². The number of rotatable bonds is 1. The summed E-state index contributed by atoms with van der Waals surface area (Å²) in [4.78, 5) is 7.05. The number of nitrogens with zero attached hydrogens (tertiary/aromatic N) is 2. The Labute approximate surface area is 97.7 Å². The summed E-state index contributed by atoms with van der Waals surface area (Å²) in [5.74, 6) is 0.826. The second-order valence-electron chi connectivity index (χ2n) is 5.64. The van der Waals surface area contributed by atoms with Gasteiger partial charge in [0.25, 0.3) is 0 Å². The summed E-state index contributed by atoms with van der Waals surface area (Å²) in [6, 6.07) is 4.37. The van der Waals surface area contributed by atoms with Gasteiger partial charge in [-0.3, -0.25) is 4.98 Å². The van der Waals surface area contributed by atoms with Crippen molar-refractivity contribution in [1.29, 1.82) is 0 Å². The molecular formula is C14H20N2. The maximum atomic E-state index is 4.43. The standard InChI is InChI=1S/C14H20N2/c1-11-5-6-14(7-8-14)16(10-11)13-4-3-12(2)15-9-13/h3-4,9,11H,5-8,10H2,1-2H3. The number of hydrogen-bond donors (Lipinski definition) is 0. The summed E-state index contributed by atoms with van der Waals surface area (Å²) in [5.41, 5.74) is 2.96. The minimum atomic E-state index is 0.517. The Morgan fingerprint density at radius 3 is 2.75 bits per heavy atom. The summed E-state index contributed by atoms with van der Waals surface area (Å²) in [6.07, 6.45) is 7.59. The van der Waals surface area contributed by atoms with Gasteiger partial charge in [-0.15, -0.1) is 0 Å². The first-order valence-electron chi connectivity index (χ1n) is 6.40. The average Bonchev–Trinajstić information content (AvgIpc) is 3.05. The second kappa shape index (κ2) is 3.47. The van der Waals surface area contributed by atoms with Crippen LogP contribution in [0.15, 0.2) is 18.3 Å². The Bertz CT molecular complexity index is 378. The van der Waals surface area contributed by atoms with Crippen molar-refractivity contribution < 1.29 is 0 Å². The zero-order valence-electron chi connectivity index (χ0n) is 10.2. The van der Waals surface area contributed by atoms with E-state index in [0.29, 0.717) is 5.54 Å². The third-order valence-corrected chi connectivity index (χ3v) is 4.20. The zero-order valence-corrected chi connectivity index (χ0v) is 10.2. The van der Waals surface area contributed by atoms with Crippen molar-refractivity contribution in [3.63, 3.8) is 0 Å². The summed E-state index contributed by atoms with van der Waals surface area (Å²) < 4.78 is 0. The van der Waals surface area contributed by atoms with E-state index in [1.807, 2.05) is 6.20 Å². The predicted octanol–water partition coefficient (Wildman–Crippen LogP) is 3.16. The molecule has 1 aromatic heterocycles. The molecule has 86 valence electrons. The van der Waals surface area contributed by atoms with Gasteiger partial charge >= 0.3 is 0 Å². The van der Waals surface area contributed by atoms with Crippen molar-refractivity contribution in [2.75, 3.05) is 11.4 Å². The van der Waals surface area contributed by atoms with Crippen LogP contribution in [0.3, 0.4) is 0 Å². The zero-order chi connectivity index (χ0) is 11.2. The summed E-state index contributed by atoms with van der Waals surface area (Å²) in [7, 11) is 0. The van der Waals surface area contributed by atoms with E-state index < -0.39 is 0 Å². The highest BCUT2D eigenvalue weighted by atomic mass is 15.2. The number of piperidine rings is 1. The third kappa shape index (κ3) is 1.60. The molecule has 0 N–H and O–H groups in total. The van der Waals surface area contributed by atoms with Gasteiger partial charge in [-0.2, -0.15) is 0 Å². The molecule has 1 saturated heterocycles. The molecule has 0 aromatic carbocycles. The Kier molecular flexibility index (Phi) is 2.20. The molecule has 1 aliphatic carbocycles. The van der Waals surface area contributed by atoms with Crippen LogP contribution in [0.2, 0.25) is 0 Å². The Morgan fingerprint density at radius 2 is 2.12 bits per heavy atom. The highest BCUT2D eigenvalue weighted by molar-refractivity contribution is 5.50. The molecule has 1 aromatic rings. The van der Waals surface area contributed by atoms with Gasteiger partial charge in [0.2, 0.25) is 0 Å². The molecule has 1 saturated carbocycles. The molecule has 0 radical (unpaired) electrons. The lowest BCUT2D eigenvalue weighted by Crippen LogP contribution is -2.44. The van der Waals surface area contributed by atoms with Crippen molar-refractivity contribution in [1.82, 2.24) is 4.98 Å². The number of hydrogen-bond acceptors (Lipinski definition) is 2. The molecule has 2 heteroatoms. The van der Waals surface area contributed by atoms with Crippen molar-refractivity contribution in [2.24, 2.45) is 5.92 Å². The van der Waals surface area contributed by atoms with Gasteiger partial charge in [0, 0.05) is 17.8 Å². The van der Waals surface area contributed by atoms with Crippen molar-refractivity contribution in [2.45, 2.75) is 45.1 Å². The lowest BCUT2D eigenvalue weighted by molar-refractivity contribution is 0.363. The number of aromatic nitrogens is 1. The average molecular weight is 216 g/mol. The molecule has 1 atom stereocenters. The van der Waals surface area contributed by atoms with Crippen LogP contribution in [-0.4, -0.2) is 17.1 Å². The molecular weight excluding hydrogens is 196 g/mol. The molecule has 16 heavy (non-hydrogen) atoms. The summed E-state index contributed by atoms with van der Waals surface area (Å²) in [6.45, 7) is 5.63. The van der Waals surface area contributed by atoms with Crippen LogP contribution in [0.5, 0.6) is 0 Å². The van der Waals surface area contributed by atoms with E-state index in [-0.39, 0.29) is 0 Å². The van der Waals surface area contributed by atoms with Crippen molar-refractivity contribution in [3.8, 4) is 0 Å². The molecule has 2 heterocycles. The maximum absolute atomic E-state index is 4.43. The van der Waals surface area contributed by atoms with Gasteiger partial charge in [-0.25, -0.2) is 0 Å². The van der Waals surface area contributed by atoms with Gasteiger partial charge in [-0.1, -0.05) is 6.92 Å². The molecule has 1 aliphatic heterocycles. The van der Waals surface area contributed by atoms with E-state index in [4.69, 9.17) is 0 Å². The maximum Gasteiger partial charge on any atom is 0.0557 e. The van der Waals surface area contributed by atoms with Gasteiger partial charge in [0.05, 0.1) is 11.9 Å². The van der Waals surface area contributed by atoms with E-state index in [2.05, 4.69) is 35.9 Å². The largest absolute Gasteiger partial charge is 0.364 e. The monoisotopic (exact) mass is 216 g/mol. The lowest BCUT2D eigenvalue weighted by Gasteiger charge is -2.41. The Balaban J connectivity index is 1.89. The smallest absolute Gasteiger partial charge is 0.0557 e. The van der Waals surface area contributed by atoms with Crippen LogP contribution in [0.1, 0.15) is 38.3 Å². The first-order chi connectivity index (χ1) is 7.70. The Morgan fingerprint density at radius 1 is 1.31 bits per heavy atom. The highest BCUT2D eigenvalue weighted by Crippen LogP contribution is 2.50. The molecule has 3 rings (SSSR count). The topological polar surface area (TPSA) is 16.1 Å². The quantitative estimate of drug-likeness (QED) is 0.717. The predicted molar refractivity (Wildman–Crippen MR) is 66.7 cm³/mol. The number of anilines is 1. The van der Waals surface area contributed by atoms with Gasteiger partial charge in [-0.05, 0) is 50.7 Å². The molecule has 2 fully saturated rings. The van der Waals surface area contributed by atoms with E-state index in [9.17, 15) is 0 Å². The highest BCUT2D eigenvalue weighted by Gasteiger charge is 2.50. The molecule has 1 spiro atoms. The number of pyridine rings is 1. The summed E-state index contributed by atoms with van der Waals surface area (Å²) in [5, 5.41) is 0. The van der Waals surface area contributed by atoms with Crippen molar-refractivity contribution in [3.05, 3.63) is 24.0 Å². The van der Waals surface area contributed by atoms with Crippen LogP contribution >= 0.6 is 0 Å². The van der Waals surface area contributed by atoms with E-state index in [1.54, 1.807) is 0 Å². The first-order valence-corrected chi connectivity index (χ1v) is 6.40.